The van der Waals surface area contributed by atoms with E-state index in [1.165, 1.54) is 5.56 Å². The number of imidazole rings is 1. The molecule has 5 heteroatoms. The molecule has 0 unspecified atom stereocenters. The number of hydrogen-bond donors (Lipinski definition) is 1. The Labute approximate surface area is 123 Å². The van der Waals surface area contributed by atoms with Crippen LogP contribution in [0, 0.1) is 0 Å². The van der Waals surface area contributed by atoms with Crippen LogP contribution in [0.5, 0.6) is 5.75 Å². The minimum Gasteiger partial charge on any atom is -0.493 e. The monoisotopic (exact) mass is 291 g/mol. The molecule has 0 atom stereocenters. The van der Waals surface area contributed by atoms with Crippen LogP contribution in [0.2, 0.25) is 5.02 Å². The van der Waals surface area contributed by atoms with Crippen molar-refractivity contribution in [3.05, 3.63) is 46.5 Å². The van der Waals surface area contributed by atoms with Gasteiger partial charge < -0.3 is 14.6 Å². The zero-order valence-electron chi connectivity index (χ0n) is 11.5. The highest BCUT2D eigenvalue weighted by Crippen LogP contribution is 2.33. The van der Waals surface area contributed by atoms with Crippen molar-refractivity contribution in [1.29, 1.82) is 0 Å². The van der Waals surface area contributed by atoms with E-state index < -0.39 is 0 Å². The Morgan fingerprint density at radius 2 is 2.35 bits per heavy atom. The Bertz CT molecular complexity index is 609. The van der Waals surface area contributed by atoms with Crippen LogP contribution < -0.4 is 10.1 Å². The summed E-state index contributed by atoms with van der Waals surface area (Å²) in [6, 6.07) is 3.98. The van der Waals surface area contributed by atoms with Crippen LogP contribution >= 0.6 is 11.6 Å². The van der Waals surface area contributed by atoms with E-state index in [4.69, 9.17) is 16.3 Å². The summed E-state index contributed by atoms with van der Waals surface area (Å²) in [5, 5.41) is 3.91. The molecule has 0 spiro atoms. The van der Waals surface area contributed by atoms with Crippen LogP contribution in [0.4, 0.5) is 0 Å². The first-order valence-corrected chi connectivity index (χ1v) is 7.23. The second-order valence-corrected chi connectivity index (χ2v) is 5.48. The molecule has 0 saturated heterocycles. The Kier molecular flexibility index (Phi) is 3.94. The Balaban J connectivity index is 1.79. The van der Waals surface area contributed by atoms with Crippen molar-refractivity contribution in [2.45, 2.75) is 19.4 Å². The highest BCUT2D eigenvalue weighted by Gasteiger charge is 2.17. The SMILES string of the molecule is CNCCc1cn(Cc2cc(Cl)cc3c2OCC3)cn1. The number of fused-ring (bicyclic) bond motifs is 1. The fourth-order valence-corrected chi connectivity index (χ4v) is 2.80. The second kappa shape index (κ2) is 5.85. The molecule has 1 aromatic carbocycles. The zero-order valence-corrected chi connectivity index (χ0v) is 12.3. The average molecular weight is 292 g/mol. The smallest absolute Gasteiger partial charge is 0.127 e. The van der Waals surface area contributed by atoms with E-state index in [2.05, 4.69) is 21.1 Å². The minimum atomic E-state index is 0.745. The fourth-order valence-electron chi connectivity index (χ4n) is 2.54. The third kappa shape index (κ3) is 2.81. The van der Waals surface area contributed by atoms with Crippen molar-refractivity contribution in [3.8, 4) is 5.75 Å². The first kappa shape index (κ1) is 13.5. The standard InChI is InChI=1S/C15H18ClN3O/c1-17-4-2-14-9-19(10-18-14)8-12-7-13(16)6-11-3-5-20-15(11)12/h6-7,9-10,17H,2-5,8H2,1H3. The summed E-state index contributed by atoms with van der Waals surface area (Å²) in [6.07, 6.45) is 5.83. The molecule has 106 valence electrons. The molecule has 1 N–H and O–H groups in total. The molecule has 0 aliphatic carbocycles. The third-order valence-corrected chi connectivity index (χ3v) is 3.71. The van der Waals surface area contributed by atoms with Gasteiger partial charge in [-0.05, 0) is 24.7 Å². The number of aromatic nitrogens is 2. The van der Waals surface area contributed by atoms with Crippen LogP contribution in [0.3, 0.4) is 0 Å². The van der Waals surface area contributed by atoms with Gasteiger partial charge in [-0.25, -0.2) is 4.98 Å². The molecular formula is C15H18ClN3O. The van der Waals surface area contributed by atoms with Gasteiger partial charge >= 0.3 is 0 Å². The van der Waals surface area contributed by atoms with Gasteiger partial charge in [0, 0.05) is 36.2 Å². The summed E-state index contributed by atoms with van der Waals surface area (Å²) in [4.78, 5) is 4.42. The van der Waals surface area contributed by atoms with E-state index in [-0.39, 0.29) is 0 Å². The van der Waals surface area contributed by atoms with Crippen molar-refractivity contribution in [2.75, 3.05) is 20.2 Å². The first-order chi connectivity index (χ1) is 9.76. The lowest BCUT2D eigenvalue weighted by atomic mass is 10.1. The Morgan fingerprint density at radius 3 is 3.20 bits per heavy atom. The van der Waals surface area contributed by atoms with E-state index in [9.17, 15) is 0 Å². The molecule has 1 aliphatic rings. The molecule has 0 bridgehead atoms. The molecule has 3 rings (SSSR count). The largest absolute Gasteiger partial charge is 0.493 e. The molecule has 20 heavy (non-hydrogen) atoms. The molecule has 0 saturated carbocycles. The van der Waals surface area contributed by atoms with Crippen LogP contribution in [0.1, 0.15) is 16.8 Å². The van der Waals surface area contributed by atoms with Gasteiger partial charge in [0.15, 0.2) is 0 Å². The van der Waals surface area contributed by atoms with Gasteiger partial charge in [0.05, 0.1) is 25.2 Å². The van der Waals surface area contributed by atoms with Crippen molar-refractivity contribution < 1.29 is 4.74 Å². The Morgan fingerprint density at radius 1 is 1.45 bits per heavy atom. The molecule has 2 aromatic rings. The topological polar surface area (TPSA) is 39.1 Å². The number of nitrogens with zero attached hydrogens (tertiary/aromatic N) is 2. The van der Waals surface area contributed by atoms with Crippen molar-refractivity contribution in [3.63, 3.8) is 0 Å². The summed E-state index contributed by atoms with van der Waals surface area (Å²) in [7, 11) is 1.95. The van der Waals surface area contributed by atoms with Gasteiger partial charge in [0.1, 0.15) is 5.75 Å². The molecule has 0 radical (unpaired) electrons. The van der Waals surface area contributed by atoms with Gasteiger partial charge in [0.25, 0.3) is 0 Å². The van der Waals surface area contributed by atoms with Gasteiger partial charge in [-0.15, -0.1) is 0 Å². The number of likely N-dealkylation sites (N-methyl/N-ethyl adjacent to an activating group) is 1. The summed E-state index contributed by atoms with van der Waals surface area (Å²) in [5.41, 5.74) is 3.43. The number of ether oxygens (including phenoxy) is 1. The van der Waals surface area contributed by atoms with Crippen LogP contribution in [0.15, 0.2) is 24.7 Å². The second-order valence-electron chi connectivity index (χ2n) is 5.04. The van der Waals surface area contributed by atoms with E-state index in [1.807, 2.05) is 25.5 Å². The predicted molar refractivity (Wildman–Crippen MR) is 79.6 cm³/mol. The fraction of sp³-hybridized carbons (Fsp3) is 0.400. The first-order valence-electron chi connectivity index (χ1n) is 6.85. The number of rotatable bonds is 5. The Hall–Kier alpha value is -1.52. The maximum Gasteiger partial charge on any atom is 0.127 e. The lowest BCUT2D eigenvalue weighted by Crippen LogP contribution is -2.10. The number of hydrogen-bond acceptors (Lipinski definition) is 3. The summed E-state index contributed by atoms with van der Waals surface area (Å²) in [6.45, 7) is 2.43. The average Bonchev–Trinajstić information content (AvgIpc) is 3.05. The van der Waals surface area contributed by atoms with Crippen LogP contribution in [-0.4, -0.2) is 29.8 Å². The van der Waals surface area contributed by atoms with Gasteiger partial charge in [-0.3, -0.25) is 0 Å². The molecular weight excluding hydrogens is 274 g/mol. The number of nitrogens with one attached hydrogen (secondary N) is 1. The van der Waals surface area contributed by atoms with E-state index >= 15 is 0 Å². The third-order valence-electron chi connectivity index (χ3n) is 3.50. The van der Waals surface area contributed by atoms with Crippen LogP contribution in [0.25, 0.3) is 0 Å². The quantitative estimate of drug-likeness (QED) is 0.919. The van der Waals surface area contributed by atoms with Gasteiger partial charge in [-0.2, -0.15) is 0 Å². The highest BCUT2D eigenvalue weighted by atomic mass is 35.5. The summed E-state index contributed by atoms with van der Waals surface area (Å²) in [5.74, 6) is 1.000. The highest BCUT2D eigenvalue weighted by molar-refractivity contribution is 6.30. The van der Waals surface area contributed by atoms with E-state index in [1.54, 1.807) is 0 Å². The molecule has 4 nitrogen and oxygen atoms in total. The molecule has 0 fully saturated rings. The van der Waals surface area contributed by atoms with E-state index in [0.29, 0.717) is 0 Å². The summed E-state index contributed by atoms with van der Waals surface area (Å²) < 4.78 is 7.81. The number of halogens is 1. The minimum absolute atomic E-state index is 0.745. The maximum absolute atomic E-state index is 6.18. The summed E-state index contributed by atoms with van der Waals surface area (Å²) >= 11 is 6.18. The van der Waals surface area contributed by atoms with Crippen molar-refractivity contribution in [2.24, 2.45) is 0 Å². The molecule has 1 aromatic heterocycles. The van der Waals surface area contributed by atoms with E-state index in [0.717, 1.165) is 54.6 Å². The van der Waals surface area contributed by atoms with Gasteiger partial charge in [-0.1, -0.05) is 11.6 Å². The van der Waals surface area contributed by atoms with Crippen LogP contribution in [-0.2, 0) is 19.4 Å². The molecule has 2 heterocycles. The lowest BCUT2D eigenvalue weighted by molar-refractivity contribution is 0.352. The molecule has 0 amide bonds. The van der Waals surface area contributed by atoms with Gasteiger partial charge in [0.2, 0.25) is 0 Å². The predicted octanol–water partition coefficient (Wildman–Crippen LogP) is 2.28. The maximum atomic E-state index is 6.18. The zero-order chi connectivity index (χ0) is 13.9. The molecule has 1 aliphatic heterocycles. The number of benzene rings is 1. The lowest BCUT2D eigenvalue weighted by Gasteiger charge is -2.09. The van der Waals surface area contributed by atoms with Crippen molar-refractivity contribution >= 4 is 11.6 Å². The normalized spacial score (nSPS) is 13.3. The van der Waals surface area contributed by atoms with Crippen molar-refractivity contribution in [1.82, 2.24) is 14.9 Å².